The number of carbonyl (C=O) groups excluding carboxylic acids is 1. The lowest BCUT2D eigenvalue weighted by atomic mass is 10.0. The van der Waals surface area contributed by atoms with Crippen LogP contribution in [0.25, 0.3) is 0 Å². The standard InChI is InChI=1S/C13H25N3O/c1-2-3-12-4-7-15(10-12)11-13(17)16-8-5-14-6-9-16/h12,14H,2-11H2,1H3. The highest BCUT2D eigenvalue weighted by atomic mass is 16.2. The van der Waals surface area contributed by atoms with Crippen molar-refractivity contribution in [1.29, 1.82) is 0 Å². The minimum atomic E-state index is 0.323. The average Bonchev–Trinajstić information content (AvgIpc) is 2.78. The third kappa shape index (κ3) is 3.68. The molecule has 1 N–H and O–H groups in total. The molecule has 17 heavy (non-hydrogen) atoms. The Morgan fingerprint density at radius 2 is 2.06 bits per heavy atom. The van der Waals surface area contributed by atoms with Crippen LogP contribution in [-0.2, 0) is 4.79 Å². The zero-order valence-electron chi connectivity index (χ0n) is 11.0. The molecule has 0 radical (unpaired) electrons. The van der Waals surface area contributed by atoms with Gasteiger partial charge in [0.2, 0.25) is 5.91 Å². The second kappa shape index (κ2) is 6.36. The summed E-state index contributed by atoms with van der Waals surface area (Å²) in [5.41, 5.74) is 0. The Labute approximate surface area is 104 Å². The van der Waals surface area contributed by atoms with Crippen LogP contribution in [0.2, 0.25) is 0 Å². The van der Waals surface area contributed by atoms with Crippen LogP contribution >= 0.6 is 0 Å². The molecule has 2 aliphatic heterocycles. The van der Waals surface area contributed by atoms with Crippen LogP contribution in [0.4, 0.5) is 0 Å². The Hall–Kier alpha value is -0.610. The van der Waals surface area contributed by atoms with Gasteiger partial charge in [0, 0.05) is 32.7 Å². The van der Waals surface area contributed by atoms with Crippen LogP contribution in [-0.4, -0.2) is 61.5 Å². The molecule has 0 spiro atoms. The van der Waals surface area contributed by atoms with E-state index in [9.17, 15) is 4.79 Å². The van der Waals surface area contributed by atoms with Crippen LogP contribution in [0.5, 0.6) is 0 Å². The summed E-state index contributed by atoms with van der Waals surface area (Å²) in [6.45, 7) is 8.79. The molecular formula is C13H25N3O. The van der Waals surface area contributed by atoms with Crippen molar-refractivity contribution in [3.8, 4) is 0 Å². The van der Waals surface area contributed by atoms with E-state index in [-0.39, 0.29) is 0 Å². The third-order valence-corrected chi connectivity index (χ3v) is 3.90. The van der Waals surface area contributed by atoms with E-state index in [4.69, 9.17) is 0 Å². The third-order valence-electron chi connectivity index (χ3n) is 3.90. The maximum Gasteiger partial charge on any atom is 0.236 e. The molecule has 2 rings (SSSR count). The van der Waals surface area contributed by atoms with Crippen LogP contribution in [0.3, 0.4) is 0 Å². The Bertz CT molecular complexity index is 251. The Morgan fingerprint density at radius 1 is 1.29 bits per heavy atom. The molecule has 2 heterocycles. The van der Waals surface area contributed by atoms with E-state index in [0.29, 0.717) is 12.5 Å². The van der Waals surface area contributed by atoms with Crippen molar-refractivity contribution in [2.75, 3.05) is 45.8 Å². The monoisotopic (exact) mass is 239 g/mol. The zero-order chi connectivity index (χ0) is 12.1. The van der Waals surface area contributed by atoms with Crippen molar-refractivity contribution >= 4 is 5.91 Å². The smallest absolute Gasteiger partial charge is 0.236 e. The summed E-state index contributed by atoms with van der Waals surface area (Å²) >= 11 is 0. The fraction of sp³-hybridized carbons (Fsp3) is 0.923. The van der Waals surface area contributed by atoms with Crippen molar-refractivity contribution in [2.45, 2.75) is 26.2 Å². The predicted molar refractivity (Wildman–Crippen MR) is 68.9 cm³/mol. The maximum absolute atomic E-state index is 12.1. The van der Waals surface area contributed by atoms with Crippen LogP contribution in [0.15, 0.2) is 0 Å². The number of likely N-dealkylation sites (tertiary alicyclic amines) is 1. The van der Waals surface area contributed by atoms with Gasteiger partial charge in [-0.15, -0.1) is 0 Å². The molecule has 2 aliphatic rings. The highest BCUT2D eigenvalue weighted by Gasteiger charge is 2.25. The van der Waals surface area contributed by atoms with Gasteiger partial charge in [0.25, 0.3) is 0 Å². The summed E-state index contributed by atoms with van der Waals surface area (Å²) in [5.74, 6) is 1.15. The van der Waals surface area contributed by atoms with Crippen molar-refractivity contribution in [3.63, 3.8) is 0 Å². The Balaban J connectivity index is 1.71. The van der Waals surface area contributed by atoms with Crippen molar-refractivity contribution < 1.29 is 4.79 Å². The Kier molecular flexibility index (Phi) is 4.80. The molecule has 2 saturated heterocycles. The largest absolute Gasteiger partial charge is 0.339 e. The molecule has 0 aromatic rings. The van der Waals surface area contributed by atoms with E-state index in [1.807, 2.05) is 4.90 Å². The molecule has 1 unspecified atom stereocenters. The molecule has 0 aliphatic carbocycles. The normalized spacial score (nSPS) is 26.4. The van der Waals surface area contributed by atoms with E-state index in [2.05, 4.69) is 17.1 Å². The minimum Gasteiger partial charge on any atom is -0.339 e. The summed E-state index contributed by atoms with van der Waals surface area (Å²) in [7, 11) is 0. The van der Waals surface area contributed by atoms with Gasteiger partial charge >= 0.3 is 0 Å². The van der Waals surface area contributed by atoms with Crippen LogP contribution in [0, 0.1) is 5.92 Å². The van der Waals surface area contributed by atoms with Gasteiger partial charge < -0.3 is 10.2 Å². The summed E-state index contributed by atoms with van der Waals surface area (Å²) in [6.07, 6.45) is 3.87. The zero-order valence-corrected chi connectivity index (χ0v) is 11.0. The van der Waals surface area contributed by atoms with Crippen molar-refractivity contribution in [3.05, 3.63) is 0 Å². The molecule has 1 amide bonds. The average molecular weight is 239 g/mol. The topological polar surface area (TPSA) is 35.6 Å². The fourth-order valence-corrected chi connectivity index (χ4v) is 2.91. The SMILES string of the molecule is CCCC1CCN(CC(=O)N2CCNCC2)C1. The number of nitrogens with zero attached hydrogens (tertiary/aromatic N) is 2. The number of carbonyl (C=O) groups is 1. The number of nitrogens with one attached hydrogen (secondary N) is 1. The Morgan fingerprint density at radius 3 is 2.76 bits per heavy atom. The van der Waals surface area contributed by atoms with Gasteiger partial charge in [-0.25, -0.2) is 0 Å². The molecule has 2 fully saturated rings. The van der Waals surface area contributed by atoms with Crippen molar-refractivity contribution in [1.82, 2.24) is 15.1 Å². The highest BCUT2D eigenvalue weighted by molar-refractivity contribution is 5.78. The molecule has 0 saturated carbocycles. The lowest BCUT2D eigenvalue weighted by Gasteiger charge is -2.29. The van der Waals surface area contributed by atoms with E-state index in [1.165, 1.54) is 19.3 Å². The molecule has 0 aromatic heterocycles. The second-order valence-electron chi connectivity index (χ2n) is 5.31. The van der Waals surface area contributed by atoms with Gasteiger partial charge in [-0.3, -0.25) is 9.69 Å². The first kappa shape index (κ1) is 12.8. The lowest BCUT2D eigenvalue weighted by molar-refractivity contribution is -0.132. The van der Waals surface area contributed by atoms with Gasteiger partial charge in [-0.2, -0.15) is 0 Å². The molecule has 4 heteroatoms. The summed E-state index contributed by atoms with van der Waals surface area (Å²) < 4.78 is 0. The summed E-state index contributed by atoms with van der Waals surface area (Å²) in [5, 5.41) is 3.28. The fourth-order valence-electron chi connectivity index (χ4n) is 2.91. The maximum atomic E-state index is 12.1. The highest BCUT2D eigenvalue weighted by Crippen LogP contribution is 2.20. The summed E-state index contributed by atoms with van der Waals surface area (Å²) in [4.78, 5) is 16.4. The first-order chi connectivity index (χ1) is 8.29. The summed E-state index contributed by atoms with van der Waals surface area (Å²) in [6, 6.07) is 0. The first-order valence-electron chi connectivity index (χ1n) is 7.00. The molecule has 1 atom stereocenters. The van der Waals surface area contributed by atoms with Gasteiger partial charge in [0.05, 0.1) is 6.54 Å². The van der Waals surface area contributed by atoms with Crippen LogP contribution in [0.1, 0.15) is 26.2 Å². The second-order valence-corrected chi connectivity index (χ2v) is 5.31. The van der Waals surface area contributed by atoms with Crippen molar-refractivity contribution in [2.24, 2.45) is 5.92 Å². The molecule has 0 bridgehead atoms. The minimum absolute atomic E-state index is 0.323. The van der Waals surface area contributed by atoms with E-state index in [0.717, 1.165) is 45.2 Å². The number of rotatable bonds is 4. The van der Waals surface area contributed by atoms with E-state index >= 15 is 0 Å². The molecule has 0 aromatic carbocycles. The van der Waals surface area contributed by atoms with E-state index < -0.39 is 0 Å². The van der Waals surface area contributed by atoms with Gasteiger partial charge in [0.15, 0.2) is 0 Å². The predicted octanol–water partition coefficient (Wildman–Crippen LogP) is 0.540. The number of amides is 1. The van der Waals surface area contributed by atoms with Gasteiger partial charge in [-0.05, 0) is 25.3 Å². The molecular weight excluding hydrogens is 214 g/mol. The van der Waals surface area contributed by atoms with E-state index in [1.54, 1.807) is 0 Å². The number of piperazine rings is 1. The van der Waals surface area contributed by atoms with Gasteiger partial charge in [0.1, 0.15) is 0 Å². The molecule has 4 nitrogen and oxygen atoms in total. The quantitative estimate of drug-likeness (QED) is 0.778. The first-order valence-corrected chi connectivity index (χ1v) is 7.00. The van der Waals surface area contributed by atoms with Crippen LogP contribution < -0.4 is 5.32 Å². The number of hydrogen-bond donors (Lipinski definition) is 1. The van der Waals surface area contributed by atoms with Gasteiger partial charge in [-0.1, -0.05) is 13.3 Å². The number of hydrogen-bond acceptors (Lipinski definition) is 3. The lowest BCUT2D eigenvalue weighted by Crippen LogP contribution is -2.49. The molecule has 98 valence electrons.